The third-order valence-corrected chi connectivity index (χ3v) is 4.36. The number of nitrogens with zero attached hydrogens (tertiary/aromatic N) is 4. The van der Waals surface area contributed by atoms with Gasteiger partial charge >= 0.3 is 5.97 Å². The summed E-state index contributed by atoms with van der Waals surface area (Å²) in [7, 11) is 1.79. The van der Waals surface area contributed by atoms with Crippen molar-refractivity contribution in [3.63, 3.8) is 0 Å². The van der Waals surface area contributed by atoms with E-state index in [1.54, 1.807) is 42.9 Å². The predicted octanol–water partition coefficient (Wildman–Crippen LogP) is 2.88. The molecule has 0 saturated heterocycles. The van der Waals surface area contributed by atoms with Gasteiger partial charge in [-0.3, -0.25) is 4.68 Å². The molecular formula is C18H18N4O3. The van der Waals surface area contributed by atoms with Crippen molar-refractivity contribution in [1.82, 2.24) is 19.9 Å². The van der Waals surface area contributed by atoms with Crippen molar-refractivity contribution in [3.05, 3.63) is 47.1 Å². The molecule has 4 rings (SSSR count). The number of carbonyl (C=O) groups excluding carboxylic acids is 1. The molecule has 0 bridgehead atoms. The molecule has 1 aromatic carbocycles. The second-order valence-electron chi connectivity index (χ2n) is 6.16. The maximum atomic E-state index is 12.6. The molecule has 0 aliphatic heterocycles. The van der Waals surface area contributed by atoms with E-state index < -0.39 is 0 Å². The normalized spacial score (nSPS) is 13.5. The fourth-order valence-electron chi connectivity index (χ4n) is 3.18. The first-order chi connectivity index (χ1) is 12.1. The van der Waals surface area contributed by atoms with E-state index in [-0.39, 0.29) is 5.97 Å². The summed E-state index contributed by atoms with van der Waals surface area (Å²) in [6, 6.07) is 7.04. The van der Waals surface area contributed by atoms with Gasteiger partial charge in [-0.2, -0.15) is 10.1 Å². The highest BCUT2D eigenvalue weighted by molar-refractivity contribution is 5.91. The van der Waals surface area contributed by atoms with E-state index >= 15 is 0 Å². The maximum Gasteiger partial charge on any atom is 0.362 e. The number of hydrogen-bond acceptors (Lipinski definition) is 6. The Labute approximate surface area is 144 Å². The van der Waals surface area contributed by atoms with Crippen LogP contribution in [0.25, 0.3) is 11.4 Å². The summed E-state index contributed by atoms with van der Waals surface area (Å²) in [5.74, 6) is 1.11. The van der Waals surface area contributed by atoms with Crippen LogP contribution in [-0.4, -0.2) is 25.9 Å². The summed E-state index contributed by atoms with van der Waals surface area (Å²) < 4.78 is 12.1. The molecule has 2 aromatic heterocycles. The molecule has 0 radical (unpaired) electrons. The molecule has 0 spiro atoms. The van der Waals surface area contributed by atoms with Gasteiger partial charge in [-0.1, -0.05) is 5.16 Å². The van der Waals surface area contributed by atoms with E-state index in [1.807, 2.05) is 0 Å². The molecule has 128 valence electrons. The summed E-state index contributed by atoms with van der Waals surface area (Å²) in [6.45, 7) is 1.74. The van der Waals surface area contributed by atoms with Gasteiger partial charge in [-0.05, 0) is 49.9 Å². The van der Waals surface area contributed by atoms with E-state index in [0.717, 1.165) is 42.5 Å². The lowest BCUT2D eigenvalue weighted by Gasteiger charge is -2.11. The van der Waals surface area contributed by atoms with E-state index in [9.17, 15) is 4.79 Å². The molecule has 7 nitrogen and oxygen atoms in total. The molecule has 25 heavy (non-hydrogen) atoms. The van der Waals surface area contributed by atoms with Crippen molar-refractivity contribution in [2.45, 2.75) is 32.6 Å². The number of fused-ring (bicyclic) bond motifs is 1. The molecule has 2 heterocycles. The van der Waals surface area contributed by atoms with Crippen LogP contribution in [0.3, 0.4) is 0 Å². The standard InChI is InChI=1S/C18H18N4O3/c1-11-19-17(21-25-11)12-7-9-13(10-8-12)24-18(23)16-14-5-3-4-6-15(14)20-22(16)2/h7-10H,3-6H2,1-2H3. The van der Waals surface area contributed by atoms with Crippen LogP contribution < -0.4 is 4.74 Å². The van der Waals surface area contributed by atoms with Gasteiger partial charge in [0.2, 0.25) is 11.7 Å². The molecule has 0 amide bonds. The third kappa shape index (κ3) is 2.93. The first kappa shape index (κ1) is 15.6. The SMILES string of the molecule is Cc1nc(-c2ccc(OC(=O)c3c4c(nn3C)CCCC4)cc2)no1. The van der Waals surface area contributed by atoms with Gasteiger partial charge in [-0.15, -0.1) is 0 Å². The van der Waals surface area contributed by atoms with Crippen LogP contribution in [0.4, 0.5) is 0 Å². The average Bonchev–Trinajstić information content (AvgIpc) is 3.18. The highest BCUT2D eigenvalue weighted by atomic mass is 16.5. The average molecular weight is 338 g/mol. The van der Waals surface area contributed by atoms with Crippen molar-refractivity contribution in [1.29, 1.82) is 0 Å². The number of aromatic nitrogens is 4. The summed E-state index contributed by atoms with van der Waals surface area (Å²) in [4.78, 5) is 16.8. The number of benzene rings is 1. The Morgan fingerprint density at radius 3 is 2.68 bits per heavy atom. The smallest absolute Gasteiger partial charge is 0.362 e. The summed E-state index contributed by atoms with van der Waals surface area (Å²) in [5.41, 5.74) is 3.39. The first-order valence-corrected chi connectivity index (χ1v) is 8.29. The Bertz CT molecular complexity index is 924. The van der Waals surface area contributed by atoms with Crippen molar-refractivity contribution in [3.8, 4) is 17.1 Å². The van der Waals surface area contributed by atoms with Crippen molar-refractivity contribution >= 4 is 5.97 Å². The Morgan fingerprint density at radius 2 is 1.96 bits per heavy atom. The third-order valence-electron chi connectivity index (χ3n) is 4.36. The predicted molar refractivity (Wildman–Crippen MR) is 89.3 cm³/mol. The van der Waals surface area contributed by atoms with Crippen LogP contribution in [-0.2, 0) is 19.9 Å². The van der Waals surface area contributed by atoms with Crippen LogP contribution >= 0.6 is 0 Å². The van der Waals surface area contributed by atoms with Crippen molar-refractivity contribution < 1.29 is 14.1 Å². The molecule has 0 atom stereocenters. The van der Waals surface area contributed by atoms with Gasteiger partial charge in [0.15, 0.2) is 0 Å². The summed E-state index contributed by atoms with van der Waals surface area (Å²) in [6.07, 6.45) is 4.01. The molecule has 7 heteroatoms. The van der Waals surface area contributed by atoms with Crippen LogP contribution in [0.5, 0.6) is 5.75 Å². The van der Waals surface area contributed by atoms with Gasteiger partial charge in [0.05, 0.1) is 5.69 Å². The number of aryl methyl sites for hydroxylation is 3. The largest absolute Gasteiger partial charge is 0.422 e. The number of esters is 1. The molecule has 3 aromatic rings. The second kappa shape index (κ2) is 6.16. The van der Waals surface area contributed by atoms with Crippen molar-refractivity contribution in [2.75, 3.05) is 0 Å². The maximum absolute atomic E-state index is 12.6. The Balaban J connectivity index is 1.54. The molecule has 0 fully saturated rings. The molecule has 0 saturated carbocycles. The fraction of sp³-hybridized carbons (Fsp3) is 0.333. The highest BCUT2D eigenvalue weighted by Crippen LogP contribution is 2.25. The summed E-state index contributed by atoms with van der Waals surface area (Å²) >= 11 is 0. The zero-order chi connectivity index (χ0) is 17.4. The Kier molecular flexibility index (Phi) is 3.83. The lowest BCUT2D eigenvalue weighted by atomic mass is 9.96. The van der Waals surface area contributed by atoms with E-state index in [2.05, 4.69) is 15.2 Å². The molecule has 1 aliphatic carbocycles. The zero-order valence-electron chi connectivity index (χ0n) is 14.2. The lowest BCUT2D eigenvalue weighted by Crippen LogP contribution is -2.16. The van der Waals surface area contributed by atoms with Crippen LogP contribution in [0.15, 0.2) is 28.8 Å². The minimum atomic E-state index is -0.374. The highest BCUT2D eigenvalue weighted by Gasteiger charge is 2.25. The minimum Gasteiger partial charge on any atom is -0.422 e. The van der Waals surface area contributed by atoms with Crippen LogP contribution in [0, 0.1) is 6.92 Å². The van der Waals surface area contributed by atoms with Crippen LogP contribution in [0.2, 0.25) is 0 Å². The quantitative estimate of drug-likeness (QED) is 0.539. The Morgan fingerprint density at radius 1 is 1.20 bits per heavy atom. The number of ether oxygens (including phenoxy) is 1. The van der Waals surface area contributed by atoms with Gasteiger partial charge in [0.1, 0.15) is 11.4 Å². The topological polar surface area (TPSA) is 83.0 Å². The van der Waals surface area contributed by atoms with E-state index in [0.29, 0.717) is 23.2 Å². The van der Waals surface area contributed by atoms with Crippen molar-refractivity contribution in [2.24, 2.45) is 7.05 Å². The van der Waals surface area contributed by atoms with E-state index in [1.165, 1.54) is 0 Å². The van der Waals surface area contributed by atoms with Gasteiger partial charge < -0.3 is 9.26 Å². The molecule has 0 unspecified atom stereocenters. The Hall–Kier alpha value is -2.96. The molecular weight excluding hydrogens is 320 g/mol. The first-order valence-electron chi connectivity index (χ1n) is 8.29. The van der Waals surface area contributed by atoms with Crippen LogP contribution in [0.1, 0.15) is 40.5 Å². The second-order valence-corrected chi connectivity index (χ2v) is 6.16. The van der Waals surface area contributed by atoms with Gasteiger partial charge in [-0.25, -0.2) is 4.79 Å². The minimum absolute atomic E-state index is 0.374. The van der Waals surface area contributed by atoms with Gasteiger partial charge in [0, 0.05) is 25.1 Å². The molecule has 0 N–H and O–H groups in total. The summed E-state index contributed by atoms with van der Waals surface area (Å²) in [5, 5.41) is 8.33. The lowest BCUT2D eigenvalue weighted by molar-refractivity contribution is 0.0722. The number of rotatable bonds is 3. The molecule has 1 aliphatic rings. The fourth-order valence-corrected chi connectivity index (χ4v) is 3.18. The number of carbonyl (C=O) groups is 1. The monoisotopic (exact) mass is 338 g/mol. The number of hydrogen-bond donors (Lipinski definition) is 0. The van der Waals surface area contributed by atoms with E-state index in [4.69, 9.17) is 9.26 Å². The van der Waals surface area contributed by atoms with Gasteiger partial charge in [0.25, 0.3) is 0 Å². The zero-order valence-corrected chi connectivity index (χ0v) is 14.2.